The minimum absolute atomic E-state index is 0.393. The van der Waals surface area contributed by atoms with E-state index in [2.05, 4.69) is 41.8 Å². The Labute approximate surface area is 98.3 Å². The van der Waals surface area contributed by atoms with Gasteiger partial charge in [0.2, 0.25) is 0 Å². The molecule has 2 unspecified atom stereocenters. The maximum atomic E-state index is 4.16. The van der Waals surface area contributed by atoms with Gasteiger partial charge < -0.3 is 9.88 Å². The summed E-state index contributed by atoms with van der Waals surface area (Å²) in [6.45, 7) is 8.08. The van der Waals surface area contributed by atoms with Crippen molar-refractivity contribution in [1.29, 1.82) is 0 Å². The fourth-order valence-corrected chi connectivity index (χ4v) is 2.86. The molecule has 1 aromatic heterocycles. The Kier molecular flexibility index (Phi) is 3.33. The third-order valence-corrected chi connectivity index (χ3v) is 3.83. The standard InChI is InChI=1S/C13H23N3/c1-4-7-15-12-11(5-6-13(12,2)3)16-9-8-14-10-16/h8-12,15H,4-7H2,1-3H3. The van der Waals surface area contributed by atoms with Gasteiger partial charge in [0.25, 0.3) is 0 Å². The zero-order valence-corrected chi connectivity index (χ0v) is 10.6. The minimum Gasteiger partial charge on any atom is -0.333 e. The number of hydrogen-bond acceptors (Lipinski definition) is 2. The normalized spacial score (nSPS) is 28.4. The van der Waals surface area contributed by atoms with Crippen LogP contribution in [0.1, 0.15) is 46.1 Å². The molecule has 0 aromatic carbocycles. The molecule has 0 saturated heterocycles. The second-order valence-corrected chi connectivity index (χ2v) is 5.54. The van der Waals surface area contributed by atoms with Gasteiger partial charge in [-0.05, 0) is 31.2 Å². The third-order valence-electron chi connectivity index (χ3n) is 3.83. The predicted molar refractivity (Wildman–Crippen MR) is 66.4 cm³/mol. The Morgan fingerprint density at radius 3 is 2.94 bits per heavy atom. The molecule has 90 valence electrons. The first-order chi connectivity index (χ1) is 7.65. The lowest BCUT2D eigenvalue weighted by Gasteiger charge is -2.32. The van der Waals surface area contributed by atoms with Crippen LogP contribution < -0.4 is 5.32 Å². The van der Waals surface area contributed by atoms with Gasteiger partial charge in [-0.3, -0.25) is 0 Å². The van der Waals surface area contributed by atoms with Gasteiger partial charge in [0.1, 0.15) is 0 Å². The van der Waals surface area contributed by atoms with Crippen LogP contribution >= 0.6 is 0 Å². The summed E-state index contributed by atoms with van der Waals surface area (Å²) < 4.78 is 2.27. The van der Waals surface area contributed by atoms with E-state index >= 15 is 0 Å². The summed E-state index contributed by atoms with van der Waals surface area (Å²) >= 11 is 0. The smallest absolute Gasteiger partial charge is 0.0949 e. The zero-order valence-electron chi connectivity index (χ0n) is 10.6. The molecule has 1 aliphatic rings. The monoisotopic (exact) mass is 221 g/mol. The summed E-state index contributed by atoms with van der Waals surface area (Å²) in [6, 6.07) is 1.14. The van der Waals surface area contributed by atoms with Gasteiger partial charge >= 0.3 is 0 Å². The molecule has 3 heteroatoms. The van der Waals surface area contributed by atoms with Crippen LogP contribution in [-0.4, -0.2) is 22.1 Å². The van der Waals surface area contributed by atoms with E-state index in [1.165, 1.54) is 19.3 Å². The number of imidazole rings is 1. The van der Waals surface area contributed by atoms with Crippen LogP contribution in [0.15, 0.2) is 18.7 Å². The minimum atomic E-state index is 0.393. The fraction of sp³-hybridized carbons (Fsp3) is 0.769. The number of nitrogens with one attached hydrogen (secondary N) is 1. The highest BCUT2D eigenvalue weighted by Crippen LogP contribution is 2.43. The van der Waals surface area contributed by atoms with Crippen LogP contribution in [0.3, 0.4) is 0 Å². The van der Waals surface area contributed by atoms with Crippen molar-refractivity contribution in [3.8, 4) is 0 Å². The van der Waals surface area contributed by atoms with Gasteiger partial charge in [-0.15, -0.1) is 0 Å². The molecule has 16 heavy (non-hydrogen) atoms. The van der Waals surface area contributed by atoms with Gasteiger partial charge in [0, 0.05) is 18.4 Å². The summed E-state index contributed by atoms with van der Waals surface area (Å²) in [6.07, 6.45) is 9.66. The van der Waals surface area contributed by atoms with E-state index in [-0.39, 0.29) is 0 Å². The predicted octanol–water partition coefficient (Wildman–Crippen LogP) is 2.61. The van der Waals surface area contributed by atoms with Gasteiger partial charge in [-0.25, -0.2) is 4.98 Å². The molecule has 1 aliphatic carbocycles. The highest BCUT2D eigenvalue weighted by Gasteiger charge is 2.42. The first kappa shape index (κ1) is 11.6. The lowest BCUT2D eigenvalue weighted by atomic mass is 9.86. The lowest BCUT2D eigenvalue weighted by molar-refractivity contribution is 0.249. The molecule has 3 nitrogen and oxygen atoms in total. The van der Waals surface area contributed by atoms with Crippen molar-refractivity contribution in [1.82, 2.24) is 14.9 Å². The molecule has 1 N–H and O–H groups in total. The van der Waals surface area contributed by atoms with Gasteiger partial charge in [0.05, 0.1) is 12.4 Å². The number of rotatable bonds is 4. The van der Waals surface area contributed by atoms with Gasteiger partial charge in [0.15, 0.2) is 0 Å². The Balaban J connectivity index is 2.13. The molecule has 0 amide bonds. The van der Waals surface area contributed by atoms with E-state index in [0.717, 1.165) is 6.54 Å². The maximum Gasteiger partial charge on any atom is 0.0949 e. The molecule has 1 saturated carbocycles. The third kappa shape index (κ3) is 2.14. The van der Waals surface area contributed by atoms with Gasteiger partial charge in [-0.1, -0.05) is 20.8 Å². The number of hydrogen-bond donors (Lipinski definition) is 1. The van der Waals surface area contributed by atoms with E-state index < -0.39 is 0 Å². The largest absolute Gasteiger partial charge is 0.333 e. The molecule has 1 heterocycles. The average Bonchev–Trinajstić information content (AvgIpc) is 2.83. The Bertz CT molecular complexity index is 316. The quantitative estimate of drug-likeness (QED) is 0.847. The van der Waals surface area contributed by atoms with Gasteiger partial charge in [-0.2, -0.15) is 0 Å². The summed E-state index contributed by atoms with van der Waals surface area (Å²) in [4.78, 5) is 4.16. The van der Waals surface area contributed by atoms with E-state index in [0.29, 0.717) is 17.5 Å². The molecule has 0 spiro atoms. The molecular formula is C13H23N3. The van der Waals surface area contributed by atoms with Crippen molar-refractivity contribution in [2.75, 3.05) is 6.54 Å². The van der Waals surface area contributed by atoms with Crippen LogP contribution in [0.5, 0.6) is 0 Å². The highest BCUT2D eigenvalue weighted by molar-refractivity contribution is 5.00. The van der Waals surface area contributed by atoms with E-state index in [1.54, 1.807) is 0 Å². The molecule has 2 atom stereocenters. The van der Waals surface area contributed by atoms with Crippen molar-refractivity contribution in [2.45, 2.75) is 52.1 Å². The van der Waals surface area contributed by atoms with Crippen LogP contribution in [0.4, 0.5) is 0 Å². The van der Waals surface area contributed by atoms with Crippen molar-refractivity contribution in [3.63, 3.8) is 0 Å². The first-order valence-electron chi connectivity index (χ1n) is 6.36. The average molecular weight is 221 g/mol. The Hall–Kier alpha value is -0.830. The van der Waals surface area contributed by atoms with Crippen LogP contribution in [0.25, 0.3) is 0 Å². The van der Waals surface area contributed by atoms with E-state index in [4.69, 9.17) is 0 Å². The van der Waals surface area contributed by atoms with Crippen molar-refractivity contribution >= 4 is 0 Å². The molecule has 1 aromatic rings. The summed E-state index contributed by atoms with van der Waals surface area (Å²) in [7, 11) is 0. The molecule has 0 radical (unpaired) electrons. The van der Waals surface area contributed by atoms with Crippen molar-refractivity contribution in [2.24, 2.45) is 5.41 Å². The van der Waals surface area contributed by atoms with E-state index in [1.807, 2.05) is 12.5 Å². The summed E-state index contributed by atoms with van der Waals surface area (Å²) in [5.74, 6) is 0. The maximum absolute atomic E-state index is 4.16. The second-order valence-electron chi connectivity index (χ2n) is 5.54. The second kappa shape index (κ2) is 4.58. The molecule has 2 rings (SSSR count). The molecule has 0 bridgehead atoms. The van der Waals surface area contributed by atoms with Crippen LogP contribution in [-0.2, 0) is 0 Å². The zero-order chi connectivity index (χ0) is 11.6. The number of aromatic nitrogens is 2. The Morgan fingerprint density at radius 1 is 1.50 bits per heavy atom. The van der Waals surface area contributed by atoms with Crippen molar-refractivity contribution in [3.05, 3.63) is 18.7 Å². The van der Waals surface area contributed by atoms with Crippen molar-refractivity contribution < 1.29 is 0 Å². The SMILES string of the molecule is CCCNC1C(n2ccnc2)CCC1(C)C. The number of nitrogens with zero attached hydrogens (tertiary/aromatic N) is 2. The first-order valence-corrected chi connectivity index (χ1v) is 6.36. The summed E-state index contributed by atoms with van der Waals surface area (Å²) in [5.41, 5.74) is 0.393. The highest BCUT2D eigenvalue weighted by atomic mass is 15.1. The Morgan fingerprint density at radius 2 is 2.31 bits per heavy atom. The molecular weight excluding hydrogens is 198 g/mol. The van der Waals surface area contributed by atoms with Crippen LogP contribution in [0, 0.1) is 5.41 Å². The van der Waals surface area contributed by atoms with Crippen LogP contribution in [0.2, 0.25) is 0 Å². The molecule has 1 fully saturated rings. The molecule has 0 aliphatic heterocycles. The fourth-order valence-electron chi connectivity index (χ4n) is 2.86. The van der Waals surface area contributed by atoms with E-state index in [9.17, 15) is 0 Å². The lowest BCUT2D eigenvalue weighted by Crippen LogP contribution is -2.43. The topological polar surface area (TPSA) is 29.9 Å². The summed E-state index contributed by atoms with van der Waals surface area (Å²) in [5, 5.41) is 3.71.